The molecule has 7 nitrogen and oxygen atoms in total. The molecule has 0 atom stereocenters. The summed E-state index contributed by atoms with van der Waals surface area (Å²) in [6, 6.07) is 0.379. The number of aryl methyl sites for hydroxylation is 2. The Morgan fingerprint density at radius 3 is 2.42 bits per heavy atom. The Balaban J connectivity index is 1.60. The molecule has 2 heterocycles. The highest BCUT2D eigenvalue weighted by Gasteiger charge is 2.37. The number of rotatable bonds is 6. The summed E-state index contributed by atoms with van der Waals surface area (Å²) in [7, 11) is -1.70. The van der Waals surface area contributed by atoms with Gasteiger partial charge in [-0.25, -0.2) is 8.42 Å². The lowest BCUT2D eigenvalue weighted by molar-refractivity contribution is 0.587. The molecule has 0 amide bonds. The summed E-state index contributed by atoms with van der Waals surface area (Å²) in [6.07, 6.45) is 4.42. The van der Waals surface area contributed by atoms with Crippen molar-refractivity contribution >= 4 is 21.4 Å². The Hall–Kier alpha value is -1.41. The van der Waals surface area contributed by atoms with Crippen LogP contribution < -0.4 is 0 Å². The quantitative estimate of drug-likeness (QED) is 0.780. The summed E-state index contributed by atoms with van der Waals surface area (Å²) in [5.74, 6) is 1.77. The molecule has 2 fully saturated rings. The molecule has 4 rings (SSSR count). The van der Waals surface area contributed by atoms with Crippen LogP contribution in [0.4, 0.5) is 0 Å². The first-order chi connectivity index (χ1) is 11.4. The lowest BCUT2D eigenvalue weighted by Gasteiger charge is -2.09. The van der Waals surface area contributed by atoms with Gasteiger partial charge in [0, 0.05) is 24.6 Å². The topological polar surface area (TPSA) is 82.7 Å². The van der Waals surface area contributed by atoms with E-state index < -0.39 is 9.84 Å². The van der Waals surface area contributed by atoms with E-state index in [1.54, 1.807) is 14.0 Å². The lowest BCUT2D eigenvalue weighted by atomic mass is 10.3. The van der Waals surface area contributed by atoms with Crippen LogP contribution in [0.2, 0.25) is 5.15 Å². The maximum absolute atomic E-state index is 12.7. The van der Waals surface area contributed by atoms with Crippen LogP contribution >= 0.6 is 11.6 Å². The number of aromatic nitrogens is 5. The van der Waals surface area contributed by atoms with Crippen molar-refractivity contribution in [1.82, 2.24) is 24.5 Å². The number of hydrogen-bond donors (Lipinski definition) is 0. The van der Waals surface area contributed by atoms with Crippen LogP contribution in [0.3, 0.4) is 0 Å². The van der Waals surface area contributed by atoms with E-state index in [2.05, 4.69) is 19.9 Å². The number of hydrogen-bond acceptors (Lipinski definition) is 5. The molecule has 0 saturated heterocycles. The molecule has 0 spiro atoms. The van der Waals surface area contributed by atoms with Gasteiger partial charge < -0.3 is 4.57 Å². The van der Waals surface area contributed by atoms with E-state index in [0.717, 1.165) is 31.5 Å². The first kappa shape index (κ1) is 16.1. The maximum atomic E-state index is 12.7. The van der Waals surface area contributed by atoms with Gasteiger partial charge in [0.05, 0.1) is 11.4 Å². The predicted octanol–water partition coefficient (Wildman–Crippen LogP) is 2.30. The minimum absolute atomic E-state index is 0.103. The zero-order valence-electron chi connectivity index (χ0n) is 13.7. The molecule has 0 N–H and O–H groups in total. The van der Waals surface area contributed by atoms with Gasteiger partial charge in [0.25, 0.3) is 0 Å². The highest BCUT2D eigenvalue weighted by molar-refractivity contribution is 7.89. The molecule has 0 bridgehead atoms. The molecular weight excluding hydrogens is 350 g/mol. The fraction of sp³-hybridized carbons (Fsp3) is 0.667. The van der Waals surface area contributed by atoms with Crippen LogP contribution in [-0.4, -0.2) is 33.0 Å². The molecule has 24 heavy (non-hydrogen) atoms. The fourth-order valence-electron chi connectivity index (χ4n) is 3.09. The van der Waals surface area contributed by atoms with Gasteiger partial charge in [-0.3, -0.25) is 4.68 Å². The van der Waals surface area contributed by atoms with E-state index in [0.29, 0.717) is 34.2 Å². The summed E-state index contributed by atoms with van der Waals surface area (Å²) in [5.41, 5.74) is 1.22. The van der Waals surface area contributed by atoms with Crippen molar-refractivity contribution in [1.29, 1.82) is 0 Å². The monoisotopic (exact) mass is 369 g/mol. The van der Waals surface area contributed by atoms with Crippen molar-refractivity contribution in [2.75, 3.05) is 0 Å². The zero-order chi connectivity index (χ0) is 17.1. The predicted molar refractivity (Wildman–Crippen MR) is 89.6 cm³/mol. The normalized spacial score (nSPS) is 18.3. The number of halogens is 1. The first-order valence-electron chi connectivity index (χ1n) is 8.18. The Kier molecular flexibility index (Phi) is 3.72. The third-order valence-electron chi connectivity index (χ3n) is 4.63. The van der Waals surface area contributed by atoms with Crippen molar-refractivity contribution in [3.63, 3.8) is 0 Å². The third-order valence-corrected chi connectivity index (χ3v) is 6.53. The van der Waals surface area contributed by atoms with Crippen molar-refractivity contribution in [2.24, 2.45) is 7.05 Å². The minimum atomic E-state index is -3.40. The lowest BCUT2D eigenvalue weighted by Crippen LogP contribution is -2.14. The molecule has 130 valence electrons. The Labute approximate surface area is 145 Å². The highest BCUT2D eigenvalue weighted by Crippen LogP contribution is 2.44. The van der Waals surface area contributed by atoms with Gasteiger partial charge in [-0.2, -0.15) is 5.10 Å². The molecule has 0 aromatic carbocycles. The van der Waals surface area contributed by atoms with Crippen molar-refractivity contribution < 1.29 is 8.42 Å². The second kappa shape index (κ2) is 5.56. The van der Waals surface area contributed by atoms with Crippen LogP contribution in [0.25, 0.3) is 0 Å². The van der Waals surface area contributed by atoms with E-state index in [-0.39, 0.29) is 11.5 Å². The van der Waals surface area contributed by atoms with Gasteiger partial charge in [-0.15, -0.1) is 10.2 Å². The molecule has 0 aliphatic heterocycles. The molecule has 0 unspecified atom stereocenters. The highest BCUT2D eigenvalue weighted by atomic mass is 35.5. The van der Waals surface area contributed by atoms with Gasteiger partial charge >= 0.3 is 0 Å². The van der Waals surface area contributed by atoms with Crippen LogP contribution in [0.5, 0.6) is 0 Å². The largest absolute Gasteiger partial charge is 0.311 e. The van der Waals surface area contributed by atoms with Gasteiger partial charge in [-0.1, -0.05) is 11.6 Å². The van der Waals surface area contributed by atoms with Crippen molar-refractivity contribution in [2.45, 2.75) is 56.1 Å². The van der Waals surface area contributed by atoms with Gasteiger partial charge in [0.1, 0.15) is 22.6 Å². The minimum Gasteiger partial charge on any atom is -0.311 e. The van der Waals surface area contributed by atoms with E-state index in [9.17, 15) is 8.42 Å². The first-order valence-corrected chi connectivity index (χ1v) is 10.4. The number of nitrogens with zero attached hydrogens (tertiary/aromatic N) is 5. The van der Waals surface area contributed by atoms with Gasteiger partial charge in [0.15, 0.2) is 9.84 Å². The summed E-state index contributed by atoms with van der Waals surface area (Å²) < 4.78 is 29.0. The zero-order valence-corrected chi connectivity index (χ0v) is 15.3. The molecule has 0 radical (unpaired) electrons. The molecular formula is C15H20ClN5O2S. The van der Waals surface area contributed by atoms with Crippen molar-refractivity contribution in [3.05, 3.63) is 28.1 Å². The Morgan fingerprint density at radius 2 is 1.88 bits per heavy atom. The van der Waals surface area contributed by atoms with E-state index >= 15 is 0 Å². The third kappa shape index (κ3) is 2.97. The molecule has 2 aromatic rings. The Bertz CT molecular complexity index is 893. The van der Waals surface area contributed by atoms with Crippen LogP contribution in [-0.2, 0) is 28.4 Å². The standard InChI is InChI=1S/C15H20ClN5O2S/c1-9-12(14(16)20(2)19-9)7-24(22,23)8-13-17-18-15(10-3-4-10)21(13)11-5-6-11/h10-11H,3-8H2,1-2H3. The van der Waals surface area contributed by atoms with E-state index in [1.807, 2.05) is 0 Å². The van der Waals surface area contributed by atoms with Gasteiger partial charge in [-0.05, 0) is 32.6 Å². The van der Waals surface area contributed by atoms with E-state index in [1.165, 1.54) is 4.68 Å². The molecule has 2 saturated carbocycles. The smallest absolute Gasteiger partial charge is 0.161 e. The molecule has 2 aliphatic carbocycles. The summed E-state index contributed by atoms with van der Waals surface area (Å²) in [5, 5.41) is 13.0. The SMILES string of the molecule is Cc1nn(C)c(Cl)c1CS(=O)(=O)Cc1nnc(C2CC2)n1C1CC1. The van der Waals surface area contributed by atoms with Gasteiger partial charge in [0.2, 0.25) is 0 Å². The van der Waals surface area contributed by atoms with Crippen molar-refractivity contribution in [3.8, 4) is 0 Å². The molecule has 9 heteroatoms. The summed E-state index contributed by atoms with van der Waals surface area (Å²) in [6.45, 7) is 1.77. The van der Waals surface area contributed by atoms with Crippen LogP contribution in [0, 0.1) is 6.92 Å². The van der Waals surface area contributed by atoms with E-state index in [4.69, 9.17) is 11.6 Å². The van der Waals surface area contributed by atoms with Crippen LogP contribution in [0.1, 0.15) is 60.5 Å². The maximum Gasteiger partial charge on any atom is 0.161 e. The Morgan fingerprint density at radius 1 is 1.17 bits per heavy atom. The number of sulfone groups is 1. The average Bonchev–Trinajstić information content (AvgIpc) is 3.41. The summed E-state index contributed by atoms with van der Waals surface area (Å²) >= 11 is 6.17. The fourth-order valence-corrected chi connectivity index (χ4v) is 4.89. The summed E-state index contributed by atoms with van der Waals surface area (Å²) in [4.78, 5) is 0. The molecule has 2 aromatic heterocycles. The molecule has 2 aliphatic rings. The average molecular weight is 370 g/mol. The van der Waals surface area contributed by atoms with Crippen LogP contribution in [0.15, 0.2) is 0 Å². The second-order valence-corrected chi connectivity index (χ2v) is 9.28. The second-order valence-electron chi connectivity index (χ2n) is 6.86.